The zero-order valence-corrected chi connectivity index (χ0v) is 14.2. The maximum Gasteiger partial charge on any atom is 0.252 e. The molecule has 1 amide bonds. The molecule has 2 aromatic carbocycles. The molecular weight excluding hydrogens is 408 g/mol. The number of furan rings is 1. The highest BCUT2D eigenvalue weighted by molar-refractivity contribution is 14.1. The number of carbonyl (C=O) groups is 1. The molecule has 0 aliphatic heterocycles. The van der Waals surface area contributed by atoms with E-state index in [2.05, 4.69) is 27.9 Å². The molecule has 0 saturated carbocycles. The van der Waals surface area contributed by atoms with Crippen LogP contribution in [0.3, 0.4) is 0 Å². The molecule has 23 heavy (non-hydrogen) atoms. The summed E-state index contributed by atoms with van der Waals surface area (Å²) in [5, 5.41) is 2.83. The minimum Gasteiger partial charge on any atom is -0.459 e. The fourth-order valence-corrected chi connectivity index (χ4v) is 2.78. The maximum absolute atomic E-state index is 12.9. The lowest BCUT2D eigenvalue weighted by atomic mass is 10.2. The van der Waals surface area contributed by atoms with Crippen LogP contribution in [0.5, 0.6) is 0 Å². The number of halogens is 2. The van der Waals surface area contributed by atoms with Crippen LogP contribution >= 0.6 is 22.6 Å². The van der Waals surface area contributed by atoms with Gasteiger partial charge in [0.25, 0.3) is 5.91 Å². The van der Waals surface area contributed by atoms with Crippen molar-refractivity contribution in [3.8, 4) is 11.3 Å². The molecule has 1 N–H and O–H groups in total. The largest absolute Gasteiger partial charge is 0.459 e. The average molecular weight is 421 g/mol. The number of carbonyl (C=O) groups excluding carboxylic acids is 1. The molecule has 0 aliphatic rings. The second kappa shape index (κ2) is 6.95. The number of hydrogen-bond acceptors (Lipinski definition) is 2. The first-order valence-electron chi connectivity index (χ1n) is 7.01. The molecule has 5 heteroatoms. The standard InChI is InChI=1S/C18H13FINO2/c19-13-7-5-12(6-8-13)17-10-9-14(23-17)11-21-18(22)15-3-1-2-4-16(15)20/h1-10H,11H2,(H,21,22). The summed E-state index contributed by atoms with van der Waals surface area (Å²) in [4.78, 5) is 12.2. The van der Waals surface area contributed by atoms with Gasteiger partial charge in [-0.3, -0.25) is 4.79 Å². The Kier molecular flexibility index (Phi) is 4.76. The van der Waals surface area contributed by atoms with Gasteiger partial charge in [0.1, 0.15) is 17.3 Å². The van der Waals surface area contributed by atoms with Crippen LogP contribution in [-0.4, -0.2) is 5.91 Å². The Morgan fingerprint density at radius 2 is 1.78 bits per heavy atom. The molecular formula is C18H13FINO2. The molecule has 0 radical (unpaired) electrons. The van der Waals surface area contributed by atoms with Gasteiger partial charge in [-0.2, -0.15) is 0 Å². The van der Waals surface area contributed by atoms with Crippen LogP contribution in [0.15, 0.2) is 65.1 Å². The highest BCUT2D eigenvalue weighted by Crippen LogP contribution is 2.22. The normalized spacial score (nSPS) is 10.5. The Hall–Kier alpha value is -2.15. The molecule has 3 aromatic rings. The molecule has 0 saturated heterocycles. The summed E-state index contributed by atoms with van der Waals surface area (Å²) in [7, 11) is 0. The predicted molar refractivity (Wildman–Crippen MR) is 94.4 cm³/mol. The fraction of sp³-hybridized carbons (Fsp3) is 0.0556. The van der Waals surface area contributed by atoms with Crippen molar-refractivity contribution in [1.82, 2.24) is 5.32 Å². The number of rotatable bonds is 4. The van der Waals surface area contributed by atoms with E-state index >= 15 is 0 Å². The molecule has 116 valence electrons. The Morgan fingerprint density at radius 1 is 1.04 bits per heavy atom. The fourth-order valence-electron chi connectivity index (χ4n) is 2.15. The summed E-state index contributed by atoms with van der Waals surface area (Å²) in [6, 6.07) is 17.1. The Labute approximate surface area is 146 Å². The molecule has 1 heterocycles. The smallest absolute Gasteiger partial charge is 0.252 e. The van der Waals surface area contributed by atoms with Gasteiger partial charge in [0.2, 0.25) is 0 Å². The summed E-state index contributed by atoms with van der Waals surface area (Å²) in [5.74, 6) is 0.854. The van der Waals surface area contributed by atoms with E-state index in [0.717, 1.165) is 9.13 Å². The lowest BCUT2D eigenvalue weighted by Crippen LogP contribution is -2.23. The van der Waals surface area contributed by atoms with Crippen molar-refractivity contribution in [2.45, 2.75) is 6.54 Å². The van der Waals surface area contributed by atoms with E-state index in [1.54, 1.807) is 30.3 Å². The number of hydrogen-bond donors (Lipinski definition) is 1. The van der Waals surface area contributed by atoms with E-state index in [4.69, 9.17) is 4.42 Å². The summed E-state index contributed by atoms with van der Waals surface area (Å²) in [6.45, 7) is 0.297. The van der Waals surface area contributed by atoms with Crippen molar-refractivity contribution in [2.24, 2.45) is 0 Å². The number of nitrogens with one attached hydrogen (secondary N) is 1. The van der Waals surface area contributed by atoms with Gasteiger partial charge in [-0.05, 0) is 71.1 Å². The van der Waals surface area contributed by atoms with Crippen molar-refractivity contribution in [3.05, 3.63) is 81.4 Å². The van der Waals surface area contributed by atoms with Crippen LogP contribution in [0.4, 0.5) is 4.39 Å². The highest BCUT2D eigenvalue weighted by atomic mass is 127. The topological polar surface area (TPSA) is 42.2 Å². The van der Waals surface area contributed by atoms with E-state index in [1.807, 2.05) is 18.2 Å². The van der Waals surface area contributed by atoms with E-state index in [-0.39, 0.29) is 11.7 Å². The van der Waals surface area contributed by atoms with Gasteiger partial charge in [0, 0.05) is 9.13 Å². The maximum atomic E-state index is 12.9. The first kappa shape index (κ1) is 15.7. The molecule has 0 spiro atoms. The van der Waals surface area contributed by atoms with Crippen LogP contribution in [0.2, 0.25) is 0 Å². The summed E-state index contributed by atoms with van der Waals surface area (Å²) in [5.41, 5.74) is 1.43. The van der Waals surface area contributed by atoms with Crippen molar-refractivity contribution in [2.75, 3.05) is 0 Å². The second-order valence-electron chi connectivity index (χ2n) is 4.94. The molecule has 0 unspecified atom stereocenters. The van der Waals surface area contributed by atoms with Gasteiger partial charge in [0.15, 0.2) is 0 Å². The van der Waals surface area contributed by atoms with Gasteiger partial charge < -0.3 is 9.73 Å². The Balaban J connectivity index is 1.67. The monoisotopic (exact) mass is 421 g/mol. The lowest BCUT2D eigenvalue weighted by molar-refractivity contribution is 0.0947. The van der Waals surface area contributed by atoms with E-state index in [0.29, 0.717) is 23.6 Å². The van der Waals surface area contributed by atoms with Crippen LogP contribution in [0.25, 0.3) is 11.3 Å². The average Bonchev–Trinajstić information content (AvgIpc) is 3.03. The first-order valence-corrected chi connectivity index (χ1v) is 8.09. The molecule has 3 nitrogen and oxygen atoms in total. The minimum atomic E-state index is -0.287. The van der Waals surface area contributed by atoms with E-state index in [1.165, 1.54) is 12.1 Å². The third-order valence-corrected chi connectivity index (χ3v) is 4.27. The third kappa shape index (κ3) is 3.79. The Morgan fingerprint density at radius 3 is 2.52 bits per heavy atom. The Bertz CT molecular complexity index is 827. The highest BCUT2D eigenvalue weighted by Gasteiger charge is 2.10. The second-order valence-corrected chi connectivity index (χ2v) is 6.10. The molecule has 1 aromatic heterocycles. The van der Waals surface area contributed by atoms with Gasteiger partial charge in [0.05, 0.1) is 12.1 Å². The van der Waals surface area contributed by atoms with Gasteiger partial charge >= 0.3 is 0 Å². The molecule has 3 rings (SSSR count). The van der Waals surface area contributed by atoms with Crippen molar-refractivity contribution in [1.29, 1.82) is 0 Å². The van der Waals surface area contributed by atoms with Crippen LogP contribution in [0, 0.1) is 9.39 Å². The lowest BCUT2D eigenvalue weighted by Gasteiger charge is -2.05. The first-order chi connectivity index (χ1) is 11.1. The zero-order valence-electron chi connectivity index (χ0n) is 12.1. The predicted octanol–water partition coefficient (Wildman–Crippen LogP) is 4.62. The van der Waals surface area contributed by atoms with E-state index < -0.39 is 0 Å². The summed E-state index contributed by atoms with van der Waals surface area (Å²) in [6.07, 6.45) is 0. The van der Waals surface area contributed by atoms with Crippen molar-refractivity contribution < 1.29 is 13.6 Å². The van der Waals surface area contributed by atoms with Crippen LogP contribution in [-0.2, 0) is 6.54 Å². The van der Waals surface area contributed by atoms with Crippen LogP contribution in [0.1, 0.15) is 16.1 Å². The molecule has 0 aliphatic carbocycles. The van der Waals surface area contributed by atoms with E-state index in [9.17, 15) is 9.18 Å². The molecule has 0 bridgehead atoms. The van der Waals surface area contributed by atoms with Crippen molar-refractivity contribution in [3.63, 3.8) is 0 Å². The molecule has 0 atom stereocenters. The zero-order chi connectivity index (χ0) is 16.2. The quantitative estimate of drug-likeness (QED) is 0.625. The number of amides is 1. The third-order valence-electron chi connectivity index (χ3n) is 3.33. The molecule has 0 fully saturated rings. The van der Waals surface area contributed by atoms with Crippen LogP contribution < -0.4 is 5.32 Å². The summed E-state index contributed by atoms with van der Waals surface area (Å²) >= 11 is 2.13. The SMILES string of the molecule is O=C(NCc1ccc(-c2ccc(F)cc2)o1)c1ccccc1I. The number of benzene rings is 2. The van der Waals surface area contributed by atoms with Gasteiger partial charge in [-0.15, -0.1) is 0 Å². The minimum absolute atomic E-state index is 0.144. The van der Waals surface area contributed by atoms with Gasteiger partial charge in [-0.25, -0.2) is 4.39 Å². The summed E-state index contributed by atoms with van der Waals surface area (Å²) < 4.78 is 19.5. The van der Waals surface area contributed by atoms with Crippen molar-refractivity contribution >= 4 is 28.5 Å². The van der Waals surface area contributed by atoms with Gasteiger partial charge in [-0.1, -0.05) is 12.1 Å².